The molecule has 2 aliphatic heterocycles. The summed E-state index contributed by atoms with van der Waals surface area (Å²) < 4.78 is 36.4. The van der Waals surface area contributed by atoms with E-state index >= 15 is 0 Å². The van der Waals surface area contributed by atoms with Crippen molar-refractivity contribution in [2.24, 2.45) is 11.7 Å². The first-order chi connectivity index (χ1) is 16.5. The minimum Gasteiger partial charge on any atom is -0.490 e. The second-order valence-electron chi connectivity index (χ2n) is 9.66. The molecular weight excluding hydrogens is 474 g/mol. The summed E-state index contributed by atoms with van der Waals surface area (Å²) in [4.78, 5) is 25.7. The molecule has 10 nitrogen and oxygen atoms in total. The third kappa shape index (κ3) is 6.86. The molecule has 0 bridgehead atoms. The number of cyclic esters (lactones) is 1. The summed E-state index contributed by atoms with van der Waals surface area (Å²) in [5.74, 6) is -0.855. The minimum absolute atomic E-state index is 0.191. The molecule has 2 saturated heterocycles. The maximum Gasteiger partial charge on any atom is 0.410 e. The van der Waals surface area contributed by atoms with Gasteiger partial charge in [-0.15, -0.1) is 0 Å². The Morgan fingerprint density at radius 2 is 1.91 bits per heavy atom. The summed E-state index contributed by atoms with van der Waals surface area (Å²) in [7, 11) is -1.94. The topological polar surface area (TPSA) is 139 Å². The molecule has 2 heterocycles. The third-order valence-corrected chi connectivity index (χ3v) is 9.03. The number of carboxylic acids is 1. The number of unbranched alkanes of at least 4 members (excludes halogenated alkanes) is 1. The Bertz CT molecular complexity index is 977. The van der Waals surface area contributed by atoms with Gasteiger partial charge in [0.1, 0.15) is 12.4 Å². The predicted molar refractivity (Wildman–Crippen MR) is 131 cm³/mol. The largest absolute Gasteiger partial charge is 0.490 e. The van der Waals surface area contributed by atoms with Gasteiger partial charge >= 0.3 is 12.1 Å². The summed E-state index contributed by atoms with van der Waals surface area (Å²) in [5.41, 5.74) is 6.37. The zero-order chi connectivity index (χ0) is 25.6. The van der Waals surface area contributed by atoms with Gasteiger partial charge in [-0.3, -0.25) is 0 Å². The third-order valence-electron chi connectivity index (χ3n) is 6.78. The van der Waals surface area contributed by atoms with Crippen LogP contribution in [0.5, 0.6) is 5.75 Å². The molecule has 11 heteroatoms. The lowest BCUT2D eigenvalue weighted by molar-refractivity contribution is -0.140. The molecule has 0 radical (unpaired) electrons. The van der Waals surface area contributed by atoms with E-state index in [0.29, 0.717) is 43.2 Å². The fraction of sp³-hybridized carbons (Fsp3) is 0.667. The number of nitrogens with zero attached hydrogens (tertiary/aromatic N) is 2. The van der Waals surface area contributed by atoms with Crippen LogP contribution in [-0.2, 0) is 25.8 Å². The number of carboxylic acid groups (broad SMARTS) is 1. The van der Waals surface area contributed by atoms with Gasteiger partial charge in [-0.1, -0.05) is 25.5 Å². The highest BCUT2D eigenvalue weighted by molar-refractivity contribution is 7.93. The molecule has 2 unspecified atom stereocenters. The average Bonchev–Trinajstić information content (AvgIpc) is 3.17. The number of carbonyl (C=O) groups is 2. The molecule has 0 spiro atoms. The maximum absolute atomic E-state index is 12.6. The SMILES string of the molecule is CCCCS(=O)(=O)C(N)(Cc1ccc(OCC2CN(CC3CCN(C)CC3)C(=O)O2)cc1)C(=O)O. The van der Waals surface area contributed by atoms with Crippen molar-refractivity contribution in [2.75, 3.05) is 45.6 Å². The summed E-state index contributed by atoms with van der Waals surface area (Å²) in [5, 5.41) is 9.57. The summed E-state index contributed by atoms with van der Waals surface area (Å²) >= 11 is 0. The number of likely N-dealkylation sites (tertiary alicyclic amines) is 1. The second kappa shape index (κ2) is 11.6. The van der Waals surface area contributed by atoms with Gasteiger partial charge in [0.05, 0.1) is 12.3 Å². The van der Waals surface area contributed by atoms with Crippen LogP contribution < -0.4 is 10.5 Å². The van der Waals surface area contributed by atoms with Gasteiger partial charge in [0.25, 0.3) is 0 Å². The molecule has 1 aromatic carbocycles. The Morgan fingerprint density at radius 3 is 2.51 bits per heavy atom. The Morgan fingerprint density at radius 1 is 1.26 bits per heavy atom. The van der Waals surface area contributed by atoms with Gasteiger partial charge in [0.15, 0.2) is 15.9 Å². The first-order valence-corrected chi connectivity index (χ1v) is 13.8. The van der Waals surface area contributed by atoms with Crippen LogP contribution in [0.25, 0.3) is 0 Å². The number of amides is 1. The van der Waals surface area contributed by atoms with Crippen molar-refractivity contribution in [1.29, 1.82) is 0 Å². The summed E-state index contributed by atoms with van der Waals surface area (Å²) in [6.07, 6.45) is 2.07. The molecule has 0 aromatic heterocycles. The lowest BCUT2D eigenvalue weighted by Crippen LogP contribution is -2.57. The average molecular weight is 512 g/mol. The summed E-state index contributed by atoms with van der Waals surface area (Å²) in [6.45, 7) is 5.27. The smallest absolute Gasteiger partial charge is 0.410 e. The molecule has 2 atom stereocenters. The number of sulfone groups is 1. The highest BCUT2D eigenvalue weighted by Crippen LogP contribution is 2.24. The number of piperidine rings is 1. The van der Waals surface area contributed by atoms with Crippen LogP contribution >= 0.6 is 0 Å². The van der Waals surface area contributed by atoms with Crippen LogP contribution in [0.1, 0.15) is 38.2 Å². The fourth-order valence-electron chi connectivity index (χ4n) is 4.40. The van der Waals surface area contributed by atoms with Gasteiger partial charge in [0, 0.05) is 13.0 Å². The molecule has 2 aliphatic rings. The van der Waals surface area contributed by atoms with E-state index in [-0.39, 0.29) is 31.0 Å². The molecule has 0 saturated carbocycles. The van der Waals surface area contributed by atoms with E-state index in [1.165, 1.54) is 0 Å². The number of ether oxygens (including phenoxy) is 2. The van der Waals surface area contributed by atoms with E-state index < -0.39 is 20.7 Å². The highest BCUT2D eigenvalue weighted by Gasteiger charge is 2.47. The van der Waals surface area contributed by atoms with Crippen molar-refractivity contribution in [2.45, 2.75) is 50.0 Å². The van der Waals surface area contributed by atoms with Crippen LogP contribution in [0.4, 0.5) is 4.79 Å². The quantitative estimate of drug-likeness (QED) is 0.429. The number of hydrogen-bond donors (Lipinski definition) is 2. The molecular formula is C24H37N3O7S. The van der Waals surface area contributed by atoms with Gasteiger partial charge in [-0.05, 0) is 63.0 Å². The minimum atomic E-state index is -4.05. The highest BCUT2D eigenvalue weighted by atomic mass is 32.2. The van der Waals surface area contributed by atoms with E-state index in [2.05, 4.69) is 11.9 Å². The van der Waals surface area contributed by atoms with Gasteiger partial charge in [-0.25, -0.2) is 18.0 Å². The first kappa shape index (κ1) is 27.2. The van der Waals surface area contributed by atoms with Gasteiger partial charge < -0.3 is 30.1 Å². The van der Waals surface area contributed by atoms with Crippen molar-refractivity contribution < 1.29 is 32.6 Å². The molecule has 0 aliphatic carbocycles. The zero-order valence-corrected chi connectivity index (χ0v) is 21.3. The Labute approximate surface area is 207 Å². The van der Waals surface area contributed by atoms with Crippen molar-refractivity contribution in [3.63, 3.8) is 0 Å². The van der Waals surface area contributed by atoms with Crippen LogP contribution in [-0.4, -0.2) is 91.9 Å². The molecule has 3 rings (SSSR count). The zero-order valence-electron chi connectivity index (χ0n) is 20.5. The summed E-state index contributed by atoms with van der Waals surface area (Å²) in [6, 6.07) is 6.46. The fourth-order valence-corrected chi connectivity index (χ4v) is 6.08. The normalized spacial score (nSPS) is 21.5. The second-order valence-corrected chi connectivity index (χ2v) is 12.0. The number of aliphatic carboxylic acids is 1. The number of nitrogens with two attached hydrogens (primary N) is 1. The van der Waals surface area contributed by atoms with Crippen LogP contribution in [0.3, 0.4) is 0 Å². The van der Waals surface area contributed by atoms with Crippen molar-refractivity contribution >= 4 is 21.9 Å². The first-order valence-electron chi connectivity index (χ1n) is 12.1. The van der Waals surface area contributed by atoms with Gasteiger partial charge in [0.2, 0.25) is 4.87 Å². The van der Waals surface area contributed by atoms with E-state index in [4.69, 9.17) is 15.2 Å². The molecule has 35 heavy (non-hydrogen) atoms. The van der Waals surface area contributed by atoms with E-state index in [9.17, 15) is 23.1 Å². The molecule has 1 aromatic rings. The Kier molecular flexibility index (Phi) is 9.00. The van der Waals surface area contributed by atoms with Crippen molar-refractivity contribution in [1.82, 2.24) is 9.80 Å². The van der Waals surface area contributed by atoms with Crippen molar-refractivity contribution in [3.8, 4) is 5.75 Å². The lowest BCUT2D eigenvalue weighted by atomic mass is 9.96. The molecule has 196 valence electrons. The number of hydrogen-bond acceptors (Lipinski definition) is 8. The number of carbonyl (C=O) groups excluding carboxylic acids is 1. The van der Waals surface area contributed by atoms with Crippen molar-refractivity contribution in [3.05, 3.63) is 29.8 Å². The number of rotatable bonds is 12. The van der Waals surface area contributed by atoms with Crippen LogP contribution in [0.15, 0.2) is 24.3 Å². The molecule has 1 amide bonds. The van der Waals surface area contributed by atoms with Gasteiger partial charge in [-0.2, -0.15) is 0 Å². The predicted octanol–water partition coefficient (Wildman–Crippen LogP) is 1.73. The molecule has 2 fully saturated rings. The van der Waals surface area contributed by atoms with E-state index in [0.717, 1.165) is 25.9 Å². The monoisotopic (exact) mass is 511 g/mol. The standard InChI is InChI=1S/C24H37N3O7S/c1-3-4-13-35(31,32)24(25,22(28)29)14-18-5-7-20(8-6-18)33-17-21-16-27(23(30)34-21)15-19-9-11-26(2)12-10-19/h5-8,19,21H,3-4,9-17,25H2,1-2H3,(H,28,29). The molecule has 3 N–H and O–H groups in total. The lowest BCUT2D eigenvalue weighted by Gasteiger charge is -2.30. The van der Waals surface area contributed by atoms with Crippen LogP contribution in [0.2, 0.25) is 0 Å². The maximum atomic E-state index is 12.6. The Balaban J connectivity index is 1.52. The van der Waals surface area contributed by atoms with Crippen LogP contribution in [0, 0.1) is 5.92 Å². The van der Waals surface area contributed by atoms with E-state index in [1.54, 1.807) is 29.2 Å². The Hall–Kier alpha value is -2.37. The number of benzene rings is 1. The van der Waals surface area contributed by atoms with E-state index in [1.807, 2.05) is 6.92 Å².